The van der Waals surface area contributed by atoms with E-state index in [2.05, 4.69) is 41.4 Å². The van der Waals surface area contributed by atoms with Gasteiger partial charge in [0.05, 0.1) is 6.54 Å². The quantitative estimate of drug-likeness (QED) is 0.832. The molecule has 0 radical (unpaired) electrons. The van der Waals surface area contributed by atoms with Crippen molar-refractivity contribution in [3.05, 3.63) is 35.4 Å². The fraction of sp³-hybridized carbons (Fsp3) is 0.533. The average Bonchev–Trinajstić information content (AvgIpc) is 2.38. The van der Waals surface area contributed by atoms with Gasteiger partial charge >= 0.3 is 0 Å². The molecule has 0 aliphatic carbocycles. The summed E-state index contributed by atoms with van der Waals surface area (Å²) >= 11 is 0. The van der Waals surface area contributed by atoms with Gasteiger partial charge in [-0.3, -0.25) is 9.69 Å². The number of amides is 1. The summed E-state index contributed by atoms with van der Waals surface area (Å²) in [6, 6.07) is 8.90. The van der Waals surface area contributed by atoms with Crippen molar-refractivity contribution in [2.45, 2.75) is 32.4 Å². The first-order valence-corrected chi connectivity index (χ1v) is 6.94. The van der Waals surface area contributed by atoms with Crippen LogP contribution in [0.15, 0.2) is 24.3 Å². The Morgan fingerprint density at radius 2 is 2.16 bits per heavy atom. The number of nitrogens with zero attached hydrogens (tertiary/aromatic N) is 1. The second-order valence-electron chi connectivity index (χ2n) is 5.34. The molecule has 19 heavy (non-hydrogen) atoms. The molecule has 0 atom stereocenters. The minimum absolute atomic E-state index is 0.244. The lowest BCUT2D eigenvalue weighted by Gasteiger charge is -2.33. The van der Waals surface area contributed by atoms with Gasteiger partial charge < -0.3 is 11.1 Å². The van der Waals surface area contributed by atoms with Gasteiger partial charge in [0.2, 0.25) is 5.91 Å². The number of nitrogens with two attached hydrogens (primary N) is 1. The van der Waals surface area contributed by atoms with E-state index in [1.807, 2.05) is 0 Å². The third-order valence-electron chi connectivity index (χ3n) is 3.65. The number of carbonyl (C=O) groups excluding carboxylic acids is 1. The summed E-state index contributed by atoms with van der Waals surface area (Å²) in [5, 5.41) is 3.35. The highest BCUT2D eigenvalue weighted by Crippen LogP contribution is 2.16. The van der Waals surface area contributed by atoms with Crippen LogP contribution in [0.5, 0.6) is 0 Å². The number of benzene rings is 1. The first-order chi connectivity index (χ1) is 9.15. The van der Waals surface area contributed by atoms with Crippen LogP contribution in [0.3, 0.4) is 0 Å². The maximum absolute atomic E-state index is 11.3. The number of rotatable bonds is 5. The molecule has 1 heterocycles. The molecule has 0 unspecified atom stereocenters. The van der Waals surface area contributed by atoms with Crippen molar-refractivity contribution in [1.29, 1.82) is 0 Å². The number of carbonyl (C=O) groups is 1. The summed E-state index contributed by atoms with van der Waals surface area (Å²) in [6.45, 7) is 5.28. The number of piperidine rings is 1. The molecule has 3 N–H and O–H groups in total. The van der Waals surface area contributed by atoms with Crippen LogP contribution in [0.25, 0.3) is 0 Å². The molecule has 2 rings (SSSR count). The Hall–Kier alpha value is -1.39. The van der Waals surface area contributed by atoms with Crippen molar-refractivity contribution < 1.29 is 4.79 Å². The van der Waals surface area contributed by atoms with E-state index in [9.17, 15) is 4.79 Å². The summed E-state index contributed by atoms with van der Waals surface area (Å²) in [5.41, 5.74) is 7.89. The van der Waals surface area contributed by atoms with Crippen molar-refractivity contribution in [3.63, 3.8) is 0 Å². The number of nitrogens with one attached hydrogen (secondary N) is 1. The highest BCUT2D eigenvalue weighted by atomic mass is 16.1. The van der Waals surface area contributed by atoms with Gasteiger partial charge in [0, 0.05) is 12.6 Å². The van der Waals surface area contributed by atoms with Crippen molar-refractivity contribution >= 4 is 5.91 Å². The van der Waals surface area contributed by atoms with Crippen LogP contribution in [0.2, 0.25) is 0 Å². The second-order valence-corrected chi connectivity index (χ2v) is 5.34. The van der Waals surface area contributed by atoms with E-state index in [-0.39, 0.29) is 5.91 Å². The molecule has 0 bridgehead atoms. The predicted molar refractivity (Wildman–Crippen MR) is 76.7 cm³/mol. The SMILES string of the molecule is Cc1cccc(CN(CC(N)=O)C2CCNCC2)c1. The van der Waals surface area contributed by atoms with Crippen LogP contribution < -0.4 is 11.1 Å². The van der Waals surface area contributed by atoms with Crippen LogP contribution in [0.4, 0.5) is 0 Å². The Kier molecular flexibility index (Phi) is 4.93. The third-order valence-corrected chi connectivity index (χ3v) is 3.65. The van der Waals surface area contributed by atoms with Crippen LogP contribution in [0, 0.1) is 6.92 Å². The topological polar surface area (TPSA) is 58.4 Å². The Labute approximate surface area is 115 Å². The molecular formula is C15H23N3O. The van der Waals surface area contributed by atoms with E-state index in [0.717, 1.165) is 32.5 Å². The summed E-state index contributed by atoms with van der Waals surface area (Å²) < 4.78 is 0. The molecule has 1 aliphatic rings. The fourth-order valence-electron chi connectivity index (χ4n) is 2.73. The maximum Gasteiger partial charge on any atom is 0.231 e. The second kappa shape index (κ2) is 6.68. The van der Waals surface area contributed by atoms with E-state index in [1.54, 1.807) is 0 Å². The van der Waals surface area contributed by atoms with Crippen LogP contribution in [-0.2, 0) is 11.3 Å². The lowest BCUT2D eigenvalue weighted by Crippen LogP contribution is -2.46. The van der Waals surface area contributed by atoms with Gasteiger partial charge in [0.25, 0.3) is 0 Å². The van der Waals surface area contributed by atoms with Crippen molar-refractivity contribution in [2.24, 2.45) is 5.73 Å². The summed E-state index contributed by atoms with van der Waals surface area (Å²) in [5.74, 6) is -0.244. The number of hydrogen-bond acceptors (Lipinski definition) is 3. The predicted octanol–water partition coefficient (Wildman–Crippen LogP) is 1.03. The first-order valence-electron chi connectivity index (χ1n) is 6.94. The van der Waals surface area contributed by atoms with Gasteiger partial charge in [-0.2, -0.15) is 0 Å². The standard InChI is InChI=1S/C15H23N3O/c1-12-3-2-4-13(9-12)10-18(11-15(16)19)14-5-7-17-8-6-14/h2-4,9,14,17H,5-8,10-11H2,1H3,(H2,16,19). The molecular weight excluding hydrogens is 238 g/mol. The van der Waals surface area contributed by atoms with Gasteiger partial charge in [-0.15, -0.1) is 0 Å². The molecule has 1 aromatic rings. The van der Waals surface area contributed by atoms with E-state index >= 15 is 0 Å². The average molecular weight is 261 g/mol. The van der Waals surface area contributed by atoms with Gasteiger partial charge in [-0.25, -0.2) is 0 Å². The van der Waals surface area contributed by atoms with Gasteiger partial charge in [0.15, 0.2) is 0 Å². The highest BCUT2D eigenvalue weighted by molar-refractivity contribution is 5.75. The van der Waals surface area contributed by atoms with Crippen LogP contribution >= 0.6 is 0 Å². The van der Waals surface area contributed by atoms with Gasteiger partial charge in [-0.05, 0) is 38.4 Å². The van der Waals surface area contributed by atoms with E-state index in [4.69, 9.17) is 5.73 Å². The molecule has 0 aromatic heterocycles. The minimum Gasteiger partial charge on any atom is -0.369 e. The molecule has 0 saturated carbocycles. The highest BCUT2D eigenvalue weighted by Gasteiger charge is 2.22. The summed E-state index contributed by atoms with van der Waals surface area (Å²) in [7, 11) is 0. The zero-order valence-electron chi connectivity index (χ0n) is 11.6. The molecule has 1 fully saturated rings. The molecule has 4 nitrogen and oxygen atoms in total. The Morgan fingerprint density at radius 1 is 1.42 bits per heavy atom. The molecule has 1 amide bonds. The Morgan fingerprint density at radius 3 is 2.79 bits per heavy atom. The third kappa shape index (κ3) is 4.33. The fourth-order valence-corrected chi connectivity index (χ4v) is 2.73. The monoisotopic (exact) mass is 261 g/mol. The van der Waals surface area contributed by atoms with E-state index < -0.39 is 0 Å². The van der Waals surface area contributed by atoms with E-state index in [1.165, 1.54) is 11.1 Å². The van der Waals surface area contributed by atoms with Gasteiger partial charge in [-0.1, -0.05) is 29.8 Å². The van der Waals surface area contributed by atoms with Gasteiger partial charge in [0.1, 0.15) is 0 Å². The Balaban J connectivity index is 2.06. The maximum atomic E-state index is 11.3. The van der Waals surface area contributed by atoms with Crippen LogP contribution in [-0.4, -0.2) is 36.5 Å². The largest absolute Gasteiger partial charge is 0.369 e. The lowest BCUT2D eigenvalue weighted by molar-refractivity contribution is -0.120. The number of hydrogen-bond donors (Lipinski definition) is 2. The summed E-state index contributed by atoms with van der Waals surface area (Å²) in [6.07, 6.45) is 2.16. The lowest BCUT2D eigenvalue weighted by atomic mass is 10.0. The molecule has 104 valence electrons. The zero-order valence-corrected chi connectivity index (χ0v) is 11.6. The smallest absolute Gasteiger partial charge is 0.231 e. The van der Waals surface area contributed by atoms with Crippen molar-refractivity contribution in [3.8, 4) is 0 Å². The zero-order chi connectivity index (χ0) is 13.7. The normalized spacial score (nSPS) is 16.7. The molecule has 1 saturated heterocycles. The molecule has 0 spiro atoms. The number of primary amides is 1. The first kappa shape index (κ1) is 14.0. The molecule has 1 aliphatic heterocycles. The van der Waals surface area contributed by atoms with E-state index in [0.29, 0.717) is 12.6 Å². The summed E-state index contributed by atoms with van der Waals surface area (Å²) in [4.78, 5) is 13.5. The number of aryl methyl sites for hydroxylation is 1. The van der Waals surface area contributed by atoms with Crippen molar-refractivity contribution in [1.82, 2.24) is 10.2 Å². The minimum atomic E-state index is -0.244. The molecule has 4 heteroatoms. The van der Waals surface area contributed by atoms with Crippen LogP contribution in [0.1, 0.15) is 24.0 Å². The molecule has 1 aromatic carbocycles. The Bertz CT molecular complexity index is 427. The van der Waals surface area contributed by atoms with Crippen molar-refractivity contribution in [2.75, 3.05) is 19.6 Å².